The van der Waals surface area contributed by atoms with E-state index in [1.807, 2.05) is 29.5 Å². The van der Waals surface area contributed by atoms with E-state index in [0.29, 0.717) is 21.6 Å². The summed E-state index contributed by atoms with van der Waals surface area (Å²) in [5, 5.41) is 1.12. The fourth-order valence-corrected chi connectivity index (χ4v) is 2.98. The SMILES string of the molecule is Cc1c(Br)ccc2nc(-c3ccc(Cl)cc3Cl)c(N)n12. The zero-order chi connectivity index (χ0) is 14.4. The molecule has 0 spiro atoms. The number of nitrogens with two attached hydrogens (primary N) is 1. The van der Waals surface area contributed by atoms with Crippen molar-refractivity contribution in [1.82, 2.24) is 9.38 Å². The van der Waals surface area contributed by atoms with E-state index >= 15 is 0 Å². The molecule has 2 N–H and O–H groups in total. The first-order chi connectivity index (χ1) is 9.49. The maximum Gasteiger partial charge on any atom is 0.139 e. The van der Waals surface area contributed by atoms with E-state index in [-0.39, 0.29) is 0 Å². The summed E-state index contributed by atoms with van der Waals surface area (Å²) in [5.41, 5.74) is 9.44. The number of hydrogen-bond acceptors (Lipinski definition) is 2. The number of nitrogens with zero attached hydrogens (tertiary/aromatic N) is 2. The molecule has 0 fully saturated rings. The van der Waals surface area contributed by atoms with Gasteiger partial charge in [-0.2, -0.15) is 0 Å². The molecule has 0 aliphatic heterocycles. The summed E-state index contributed by atoms with van der Waals surface area (Å²) < 4.78 is 2.87. The number of hydrogen-bond donors (Lipinski definition) is 1. The van der Waals surface area contributed by atoms with Gasteiger partial charge in [0.05, 0.1) is 5.02 Å². The molecule has 2 heterocycles. The van der Waals surface area contributed by atoms with Gasteiger partial charge in [0.1, 0.15) is 17.2 Å². The van der Waals surface area contributed by atoms with Gasteiger partial charge in [0, 0.05) is 20.8 Å². The second-order valence-corrected chi connectivity index (χ2v) is 6.13. The molecule has 3 aromatic rings. The van der Waals surface area contributed by atoms with E-state index in [2.05, 4.69) is 20.9 Å². The molecule has 0 bridgehead atoms. The summed E-state index contributed by atoms with van der Waals surface area (Å²) in [6.45, 7) is 1.97. The Bertz CT molecular complexity index is 827. The van der Waals surface area contributed by atoms with Crippen molar-refractivity contribution in [2.45, 2.75) is 6.92 Å². The molecule has 0 unspecified atom stereocenters. The van der Waals surface area contributed by atoms with Crippen LogP contribution in [0.3, 0.4) is 0 Å². The zero-order valence-electron chi connectivity index (χ0n) is 10.5. The van der Waals surface area contributed by atoms with Crippen LogP contribution in [0.15, 0.2) is 34.8 Å². The van der Waals surface area contributed by atoms with Crippen molar-refractivity contribution < 1.29 is 0 Å². The van der Waals surface area contributed by atoms with Crippen molar-refractivity contribution in [2.24, 2.45) is 0 Å². The molecule has 6 heteroatoms. The average molecular weight is 371 g/mol. The van der Waals surface area contributed by atoms with Gasteiger partial charge in [-0.1, -0.05) is 23.2 Å². The third-order valence-electron chi connectivity index (χ3n) is 3.19. The monoisotopic (exact) mass is 369 g/mol. The second kappa shape index (κ2) is 4.95. The molecule has 1 aromatic carbocycles. The molecule has 0 aliphatic rings. The van der Waals surface area contributed by atoms with Crippen LogP contribution in [0.4, 0.5) is 5.82 Å². The summed E-state index contributed by atoms with van der Waals surface area (Å²) in [4.78, 5) is 4.56. The van der Waals surface area contributed by atoms with Crippen molar-refractivity contribution in [3.8, 4) is 11.3 Å². The van der Waals surface area contributed by atoms with Crippen LogP contribution in [0.2, 0.25) is 10.0 Å². The van der Waals surface area contributed by atoms with Crippen molar-refractivity contribution in [3.05, 3.63) is 50.5 Å². The predicted octanol–water partition coefficient (Wildman–Crippen LogP) is 4.96. The van der Waals surface area contributed by atoms with Crippen molar-refractivity contribution in [2.75, 3.05) is 5.73 Å². The van der Waals surface area contributed by atoms with Gasteiger partial charge in [-0.3, -0.25) is 4.40 Å². The largest absolute Gasteiger partial charge is 0.383 e. The highest BCUT2D eigenvalue weighted by Gasteiger charge is 2.16. The van der Waals surface area contributed by atoms with Gasteiger partial charge in [-0.15, -0.1) is 0 Å². The highest BCUT2D eigenvalue weighted by Crippen LogP contribution is 2.35. The second-order valence-electron chi connectivity index (χ2n) is 4.43. The van der Waals surface area contributed by atoms with Crippen molar-refractivity contribution in [1.29, 1.82) is 0 Å². The highest BCUT2D eigenvalue weighted by atomic mass is 79.9. The van der Waals surface area contributed by atoms with Crippen LogP contribution in [0.5, 0.6) is 0 Å². The standard InChI is InChI=1S/C14H10BrCl2N3/c1-7-10(15)4-5-12-19-13(14(18)20(7)12)9-3-2-8(16)6-11(9)17/h2-6H,18H2,1H3. The molecule has 0 amide bonds. The van der Waals surface area contributed by atoms with Gasteiger partial charge in [-0.25, -0.2) is 4.98 Å². The molecular weight excluding hydrogens is 361 g/mol. The Morgan fingerprint density at radius 3 is 2.65 bits per heavy atom. The topological polar surface area (TPSA) is 43.3 Å². The lowest BCUT2D eigenvalue weighted by molar-refractivity contribution is 1.09. The first kappa shape index (κ1) is 13.7. The Kier molecular flexibility index (Phi) is 3.40. The van der Waals surface area contributed by atoms with Crippen LogP contribution in [0, 0.1) is 6.92 Å². The number of aryl methyl sites for hydroxylation is 1. The first-order valence-electron chi connectivity index (χ1n) is 5.87. The van der Waals surface area contributed by atoms with E-state index in [4.69, 9.17) is 28.9 Å². The van der Waals surface area contributed by atoms with Gasteiger partial charge in [-0.05, 0) is 53.2 Å². The van der Waals surface area contributed by atoms with Gasteiger partial charge >= 0.3 is 0 Å². The minimum Gasteiger partial charge on any atom is -0.383 e. The normalized spacial score (nSPS) is 11.2. The third kappa shape index (κ3) is 2.08. The Hall–Kier alpha value is -1.23. The van der Waals surface area contributed by atoms with E-state index in [9.17, 15) is 0 Å². The number of aromatic nitrogens is 2. The predicted molar refractivity (Wildman–Crippen MR) is 87.5 cm³/mol. The molecule has 0 saturated carbocycles. The van der Waals surface area contributed by atoms with Crippen molar-refractivity contribution >= 4 is 50.6 Å². The molecule has 2 aromatic heterocycles. The van der Waals surface area contributed by atoms with Gasteiger partial charge in [0.25, 0.3) is 0 Å². The lowest BCUT2D eigenvalue weighted by atomic mass is 10.1. The Labute approximate surface area is 134 Å². The molecule has 0 aliphatic carbocycles. The molecule has 0 saturated heterocycles. The molecule has 0 atom stereocenters. The molecule has 3 nitrogen and oxygen atoms in total. The molecular formula is C14H10BrCl2N3. The van der Waals surface area contributed by atoms with Gasteiger partial charge in [0.2, 0.25) is 0 Å². The Morgan fingerprint density at radius 1 is 1.20 bits per heavy atom. The number of pyridine rings is 1. The molecule has 0 radical (unpaired) electrons. The summed E-state index contributed by atoms with van der Waals surface area (Å²) in [6.07, 6.45) is 0. The van der Waals surface area contributed by atoms with E-state index in [0.717, 1.165) is 21.4 Å². The molecule has 20 heavy (non-hydrogen) atoms. The lowest BCUT2D eigenvalue weighted by Gasteiger charge is -2.05. The number of rotatable bonds is 1. The number of benzene rings is 1. The van der Waals surface area contributed by atoms with E-state index in [1.54, 1.807) is 12.1 Å². The summed E-state index contributed by atoms with van der Waals surface area (Å²) in [6, 6.07) is 9.14. The van der Waals surface area contributed by atoms with Crippen LogP contribution in [-0.4, -0.2) is 9.38 Å². The lowest BCUT2D eigenvalue weighted by Crippen LogP contribution is -1.98. The maximum absolute atomic E-state index is 6.24. The number of halogens is 3. The van der Waals surface area contributed by atoms with Gasteiger partial charge < -0.3 is 5.73 Å². The number of imidazole rings is 1. The Morgan fingerprint density at radius 2 is 1.95 bits per heavy atom. The minimum atomic E-state index is 0.532. The third-order valence-corrected chi connectivity index (χ3v) is 4.57. The highest BCUT2D eigenvalue weighted by molar-refractivity contribution is 9.10. The number of nitrogen functional groups attached to an aromatic ring is 1. The minimum absolute atomic E-state index is 0.532. The van der Waals surface area contributed by atoms with Crippen LogP contribution in [0.25, 0.3) is 16.9 Å². The summed E-state index contributed by atoms with van der Waals surface area (Å²) in [5.74, 6) is 0.558. The number of fused-ring (bicyclic) bond motifs is 1. The molecule has 102 valence electrons. The quantitative estimate of drug-likeness (QED) is 0.657. The first-order valence-corrected chi connectivity index (χ1v) is 7.42. The Balaban J connectivity index is 2.32. The van der Waals surface area contributed by atoms with E-state index in [1.165, 1.54) is 0 Å². The van der Waals surface area contributed by atoms with Crippen molar-refractivity contribution in [3.63, 3.8) is 0 Å². The fourth-order valence-electron chi connectivity index (χ4n) is 2.17. The fraction of sp³-hybridized carbons (Fsp3) is 0.0714. The van der Waals surface area contributed by atoms with E-state index < -0.39 is 0 Å². The maximum atomic E-state index is 6.24. The zero-order valence-corrected chi connectivity index (χ0v) is 13.6. The smallest absolute Gasteiger partial charge is 0.139 e. The summed E-state index contributed by atoms with van der Waals surface area (Å²) >= 11 is 15.6. The van der Waals surface area contributed by atoms with Crippen LogP contribution >= 0.6 is 39.1 Å². The van der Waals surface area contributed by atoms with Gasteiger partial charge in [0.15, 0.2) is 0 Å². The van der Waals surface area contributed by atoms with Crippen LogP contribution in [0.1, 0.15) is 5.69 Å². The summed E-state index contributed by atoms with van der Waals surface area (Å²) in [7, 11) is 0. The number of anilines is 1. The molecule has 3 rings (SSSR count). The van der Waals surface area contributed by atoms with Crippen LogP contribution < -0.4 is 5.73 Å². The average Bonchev–Trinajstić information content (AvgIpc) is 2.72. The van der Waals surface area contributed by atoms with Crippen LogP contribution in [-0.2, 0) is 0 Å².